The first-order valence-corrected chi connectivity index (χ1v) is 5.31. The van der Waals surface area contributed by atoms with E-state index < -0.39 is 0 Å². The number of hydrogen-bond acceptors (Lipinski definition) is 3. The van der Waals surface area contributed by atoms with Gasteiger partial charge >= 0.3 is 0 Å². The molecule has 0 spiro atoms. The normalized spacial score (nSPS) is 10.8. The van der Waals surface area contributed by atoms with Gasteiger partial charge in [0.15, 0.2) is 11.1 Å². The van der Waals surface area contributed by atoms with E-state index in [1.165, 1.54) is 0 Å². The summed E-state index contributed by atoms with van der Waals surface area (Å²) in [5, 5.41) is 8.06. The van der Waals surface area contributed by atoms with Gasteiger partial charge in [-0.2, -0.15) is 0 Å². The number of hydrogen-bond donors (Lipinski definition) is 2. The van der Waals surface area contributed by atoms with Crippen LogP contribution in [0.1, 0.15) is 5.56 Å². The molecule has 3 rings (SSSR count). The van der Waals surface area contributed by atoms with Gasteiger partial charge in [-0.1, -0.05) is 30.3 Å². The van der Waals surface area contributed by atoms with E-state index in [4.69, 9.17) is 5.41 Å². The first kappa shape index (κ1) is 9.77. The zero-order chi connectivity index (χ0) is 11.7. The summed E-state index contributed by atoms with van der Waals surface area (Å²) >= 11 is 0. The predicted molar refractivity (Wildman–Crippen MR) is 63.3 cm³/mol. The third-order valence-electron chi connectivity index (χ3n) is 2.66. The molecular formula is C12H11N5. The van der Waals surface area contributed by atoms with Crippen LogP contribution in [0, 0.1) is 5.41 Å². The lowest BCUT2D eigenvalue weighted by molar-refractivity contribution is 0.721. The molecule has 5 nitrogen and oxygen atoms in total. The molecule has 0 saturated carbocycles. The largest absolute Gasteiger partial charge is 0.340 e. The van der Waals surface area contributed by atoms with Crippen molar-refractivity contribution >= 4 is 11.2 Å². The zero-order valence-corrected chi connectivity index (χ0v) is 9.09. The molecule has 0 atom stereocenters. The van der Waals surface area contributed by atoms with Gasteiger partial charge in [-0.3, -0.25) is 5.41 Å². The predicted octanol–water partition coefficient (Wildman–Crippen LogP) is 1.29. The zero-order valence-electron chi connectivity index (χ0n) is 9.09. The van der Waals surface area contributed by atoms with Gasteiger partial charge < -0.3 is 9.55 Å². The summed E-state index contributed by atoms with van der Waals surface area (Å²) < 4.78 is 1.79. The van der Waals surface area contributed by atoms with Crippen molar-refractivity contribution in [2.24, 2.45) is 0 Å². The third-order valence-corrected chi connectivity index (χ3v) is 2.66. The molecule has 2 aromatic heterocycles. The van der Waals surface area contributed by atoms with E-state index >= 15 is 0 Å². The van der Waals surface area contributed by atoms with Gasteiger partial charge in [0.25, 0.3) is 0 Å². The molecule has 0 aliphatic carbocycles. The Bertz CT molecular complexity index is 695. The molecule has 3 aromatic rings. The number of benzene rings is 1. The minimum atomic E-state index is 0.399. The number of nitrogens with one attached hydrogen (secondary N) is 2. The van der Waals surface area contributed by atoms with Crippen molar-refractivity contribution in [3.63, 3.8) is 0 Å². The molecule has 0 bridgehead atoms. The van der Waals surface area contributed by atoms with E-state index in [9.17, 15) is 0 Å². The van der Waals surface area contributed by atoms with Crippen LogP contribution in [-0.4, -0.2) is 19.5 Å². The highest BCUT2D eigenvalue weighted by Gasteiger charge is 2.03. The second kappa shape index (κ2) is 3.86. The lowest BCUT2D eigenvalue weighted by Crippen LogP contribution is -2.21. The van der Waals surface area contributed by atoms with Crippen molar-refractivity contribution in [2.75, 3.05) is 0 Å². The minimum Gasteiger partial charge on any atom is -0.340 e. The van der Waals surface area contributed by atoms with Crippen LogP contribution in [0.15, 0.2) is 43.0 Å². The van der Waals surface area contributed by atoms with Gasteiger partial charge in [0.1, 0.15) is 5.52 Å². The van der Waals surface area contributed by atoms with E-state index in [0.29, 0.717) is 23.2 Å². The molecule has 0 amide bonds. The van der Waals surface area contributed by atoms with Gasteiger partial charge in [-0.25, -0.2) is 9.97 Å². The topological polar surface area (TPSA) is 70.3 Å². The van der Waals surface area contributed by atoms with Crippen LogP contribution in [0.2, 0.25) is 0 Å². The maximum Gasteiger partial charge on any atom is 0.182 e. The van der Waals surface area contributed by atoms with E-state index in [2.05, 4.69) is 15.0 Å². The first-order chi connectivity index (χ1) is 8.34. The Balaban J connectivity index is 2.07. The van der Waals surface area contributed by atoms with Crippen molar-refractivity contribution in [3.8, 4) is 0 Å². The SMILES string of the molecule is N=c1c2[nH]cnc2ncn1Cc1ccccc1. The monoisotopic (exact) mass is 225 g/mol. The second-order valence-corrected chi connectivity index (χ2v) is 3.81. The van der Waals surface area contributed by atoms with Crippen molar-refractivity contribution < 1.29 is 0 Å². The Morgan fingerprint density at radius 1 is 1.18 bits per heavy atom. The molecule has 0 aliphatic rings. The molecule has 2 N–H and O–H groups in total. The number of imidazole rings is 1. The third kappa shape index (κ3) is 1.71. The Morgan fingerprint density at radius 2 is 2.00 bits per heavy atom. The Morgan fingerprint density at radius 3 is 2.82 bits per heavy atom. The Labute approximate surface area is 97.3 Å². The summed E-state index contributed by atoms with van der Waals surface area (Å²) in [7, 11) is 0. The average molecular weight is 225 g/mol. The summed E-state index contributed by atoms with van der Waals surface area (Å²) in [5.74, 6) is 0. The molecular weight excluding hydrogens is 214 g/mol. The van der Waals surface area contributed by atoms with Crippen LogP contribution >= 0.6 is 0 Å². The van der Waals surface area contributed by atoms with Gasteiger partial charge in [-0.05, 0) is 5.56 Å². The Hall–Kier alpha value is -2.43. The lowest BCUT2D eigenvalue weighted by Gasteiger charge is -2.06. The fraction of sp³-hybridized carbons (Fsp3) is 0.0833. The maximum atomic E-state index is 8.06. The highest BCUT2D eigenvalue weighted by molar-refractivity contribution is 5.67. The van der Waals surface area contributed by atoms with Gasteiger partial charge in [0, 0.05) is 0 Å². The minimum absolute atomic E-state index is 0.399. The number of H-pyrrole nitrogens is 1. The molecule has 0 radical (unpaired) electrons. The van der Waals surface area contributed by atoms with E-state index in [1.54, 1.807) is 17.2 Å². The van der Waals surface area contributed by atoms with E-state index in [-0.39, 0.29) is 0 Å². The summed E-state index contributed by atoms with van der Waals surface area (Å²) in [6, 6.07) is 10.0. The van der Waals surface area contributed by atoms with Crippen molar-refractivity contribution in [1.82, 2.24) is 19.5 Å². The number of rotatable bonds is 2. The number of aromatic nitrogens is 4. The van der Waals surface area contributed by atoms with E-state index in [0.717, 1.165) is 5.56 Å². The van der Waals surface area contributed by atoms with Crippen LogP contribution in [0.4, 0.5) is 0 Å². The number of aromatic amines is 1. The van der Waals surface area contributed by atoms with Crippen LogP contribution in [0.5, 0.6) is 0 Å². The summed E-state index contributed by atoms with van der Waals surface area (Å²) in [5.41, 5.74) is 2.80. The molecule has 1 aromatic carbocycles. The molecule has 0 saturated heterocycles. The fourth-order valence-electron chi connectivity index (χ4n) is 1.78. The molecule has 5 heteroatoms. The molecule has 2 heterocycles. The average Bonchev–Trinajstić information content (AvgIpc) is 2.83. The molecule has 0 unspecified atom stereocenters. The van der Waals surface area contributed by atoms with E-state index in [1.807, 2.05) is 30.3 Å². The smallest absolute Gasteiger partial charge is 0.182 e. The van der Waals surface area contributed by atoms with Gasteiger partial charge in [-0.15, -0.1) is 0 Å². The van der Waals surface area contributed by atoms with Crippen molar-refractivity contribution in [2.45, 2.75) is 6.54 Å². The first-order valence-electron chi connectivity index (χ1n) is 5.31. The highest BCUT2D eigenvalue weighted by Crippen LogP contribution is 2.02. The second-order valence-electron chi connectivity index (χ2n) is 3.81. The van der Waals surface area contributed by atoms with Gasteiger partial charge in [0.2, 0.25) is 0 Å². The quantitative estimate of drug-likeness (QED) is 0.689. The van der Waals surface area contributed by atoms with Crippen LogP contribution in [0.25, 0.3) is 11.2 Å². The summed E-state index contributed by atoms with van der Waals surface area (Å²) in [4.78, 5) is 11.2. The van der Waals surface area contributed by atoms with Crippen LogP contribution in [-0.2, 0) is 6.54 Å². The maximum absolute atomic E-state index is 8.06. The van der Waals surface area contributed by atoms with Crippen LogP contribution in [0.3, 0.4) is 0 Å². The van der Waals surface area contributed by atoms with Crippen molar-refractivity contribution in [1.29, 1.82) is 5.41 Å². The molecule has 0 aliphatic heterocycles. The molecule has 17 heavy (non-hydrogen) atoms. The number of fused-ring (bicyclic) bond motifs is 1. The summed E-state index contributed by atoms with van der Waals surface area (Å²) in [6.07, 6.45) is 3.21. The fourth-order valence-corrected chi connectivity index (χ4v) is 1.78. The lowest BCUT2D eigenvalue weighted by atomic mass is 10.2. The standard InChI is InChI=1S/C12H11N5/c13-11-10-12(15-7-14-10)16-8-17(11)6-9-4-2-1-3-5-9/h1-5,7-8,13H,6H2,(H,14,15). The summed E-state index contributed by atoms with van der Waals surface area (Å²) in [6.45, 7) is 0.641. The van der Waals surface area contributed by atoms with Crippen LogP contribution < -0.4 is 5.49 Å². The van der Waals surface area contributed by atoms with Gasteiger partial charge in [0.05, 0.1) is 19.2 Å². The highest BCUT2D eigenvalue weighted by atomic mass is 15.1. The number of nitrogens with zero attached hydrogens (tertiary/aromatic N) is 3. The molecule has 0 fully saturated rings. The molecule has 84 valence electrons. The van der Waals surface area contributed by atoms with Crippen molar-refractivity contribution in [3.05, 3.63) is 54.0 Å². The Kier molecular flexibility index (Phi) is 2.22.